The number of likely N-dealkylation sites (N-methyl/N-ethyl adjacent to an activating group) is 1. The van der Waals surface area contributed by atoms with E-state index in [0.29, 0.717) is 17.4 Å². The summed E-state index contributed by atoms with van der Waals surface area (Å²) < 4.78 is 34.4. The van der Waals surface area contributed by atoms with Crippen LogP contribution in [0.1, 0.15) is 206 Å². The van der Waals surface area contributed by atoms with Crippen LogP contribution < -0.4 is 0 Å². The van der Waals surface area contributed by atoms with Gasteiger partial charge in [0.1, 0.15) is 19.8 Å². The lowest BCUT2D eigenvalue weighted by Crippen LogP contribution is -2.37. The number of phosphoric acid groups is 1. The van der Waals surface area contributed by atoms with E-state index in [1.807, 2.05) is 21.1 Å². The smallest absolute Gasteiger partial charge is 0.462 e. The first kappa shape index (κ1) is 66.7. The molecular weight excluding hydrogens is 894 g/mol. The van der Waals surface area contributed by atoms with E-state index >= 15 is 0 Å². The Morgan fingerprint density at radius 2 is 0.814 bits per heavy atom. The molecule has 0 radical (unpaired) electrons. The number of esters is 2. The van der Waals surface area contributed by atoms with Crippen LogP contribution in [-0.2, 0) is 32.7 Å². The molecule has 0 aliphatic rings. The van der Waals surface area contributed by atoms with Crippen molar-refractivity contribution in [3.8, 4) is 0 Å². The standard InChI is InChI=1S/C60H102NO8P/c1-6-8-10-12-14-16-18-19-20-21-22-23-24-25-26-27-28-29-30-31-32-33-34-35-36-37-38-39-40-41-43-45-47-49-51-53-60(63)69-58(57-68-70(64,65)67-55-54-61(3,4)5)56-66-59(62)52-50-48-46-44-42-17-15-13-11-9-7-2/h8,10,14,16,19-20,22-23,25-26,28-29,31-32,34-35,37-38,58H,6-7,9,11-13,15,17-18,21,24,27,30,33,36,39-57H2,1-5H3/p+1/b10-8-,16-14-,20-19-,23-22-,26-25-,29-28-,32-31-,35-34-,38-37-. The quantitative estimate of drug-likeness (QED) is 0.0211. The lowest BCUT2D eigenvalue weighted by atomic mass is 10.1. The molecule has 1 N–H and O–H groups in total. The van der Waals surface area contributed by atoms with E-state index < -0.39 is 26.5 Å². The van der Waals surface area contributed by atoms with Gasteiger partial charge in [0.25, 0.3) is 0 Å². The number of phosphoric ester groups is 1. The number of hydrogen-bond acceptors (Lipinski definition) is 7. The summed E-state index contributed by atoms with van der Waals surface area (Å²) >= 11 is 0. The zero-order valence-electron chi connectivity index (χ0n) is 45.2. The predicted molar refractivity (Wildman–Crippen MR) is 298 cm³/mol. The molecule has 0 aromatic heterocycles. The number of allylic oxidation sites excluding steroid dienone is 18. The number of rotatable bonds is 49. The molecule has 0 aliphatic carbocycles. The van der Waals surface area contributed by atoms with Crippen LogP contribution in [0, 0.1) is 0 Å². The minimum atomic E-state index is -4.39. The highest BCUT2D eigenvalue weighted by Crippen LogP contribution is 2.43. The van der Waals surface area contributed by atoms with E-state index in [0.717, 1.165) is 103 Å². The van der Waals surface area contributed by atoms with Crippen molar-refractivity contribution in [3.05, 3.63) is 109 Å². The van der Waals surface area contributed by atoms with Gasteiger partial charge in [-0.25, -0.2) is 4.57 Å². The number of nitrogens with zero attached hydrogens (tertiary/aromatic N) is 1. The zero-order valence-corrected chi connectivity index (χ0v) is 46.1. The van der Waals surface area contributed by atoms with E-state index in [1.54, 1.807) is 0 Å². The Labute approximate surface area is 429 Å². The van der Waals surface area contributed by atoms with Gasteiger partial charge in [0.05, 0.1) is 27.7 Å². The third-order valence-corrected chi connectivity index (χ3v) is 12.3. The monoisotopic (exact) mass is 997 g/mol. The van der Waals surface area contributed by atoms with Crippen LogP contribution in [0.3, 0.4) is 0 Å². The fourth-order valence-corrected chi connectivity index (χ4v) is 7.81. The van der Waals surface area contributed by atoms with Crippen molar-refractivity contribution in [1.82, 2.24) is 0 Å². The van der Waals surface area contributed by atoms with E-state index in [2.05, 4.69) is 123 Å². The van der Waals surface area contributed by atoms with Gasteiger partial charge in [-0.15, -0.1) is 0 Å². The number of quaternary nitrogens is 1. The largest absolute Gasteiger partial charge is 0.472 e. The first-order valence-electron chi connectivity index (χ1n) is 27.6. The maximum Gasteiger partial charge on any atom is 0.472 e. The Bertz CT molecular complexity index is 1550. The van der Waals surface area contributed by atoms with E-state index in [-0.39, 0.29) is 32.0 Å². The molecule has 0 bridgehead atoms. The van der Waals surface area contributed by atoms with Crippen molar-refractivity contribution in [2.24, 2.45) is 0 Å². The SMILES string of the molecule is CC/C=C\C/C=C\C/C=C\C/C=C\C/C=C\C/C=C\C/C=C\C/C=C\C/C=C\CCCCCCCCCC(=O)OC(COC(=O)CCCCCCCCCCCCC)COP(=O)(O)OCC[N+](C)(C)C. The fourth-order valence-electron chi connectivity index (χ4n) is 7.07. The zero-order chi connectivity index (χ0) is 51.3. The summed E-state index contributed by atoms with van der Waals surface area (Å²) in [7, 11) is 1.46. The summed E-state index contributed by atoms with van der Waals surface area (Å²) in [5, 5.41) is 0. The molecule has 0 aromatic rings. The highest BCUT2D eigenvalue weighted by atomic mass is 31.2. The molecule has 9 nitrogen and oxygen atoms in total. The molecule has 10 heteroatoms. The molecule has 400 valence electrons. The number of unbranched alkanes of at least 4 members (excludes halogenated alkanes) is 17. The van der Waals surface area contributed by atoms with Gasteiger partial charge in [0, 0.05) is 12.8 Å². The molecule has 2 unspecified atom stereocenters. The third-order valence-electron chi connectivity index (χ3n) is 11.3. The molecule has 0 amide bonds. The van der Waals surface area contributed by atoms with Crippen molar-refractivity contribution >= 4 is 19.8 Å². The summed E-state index contributed by atoms with van der Waals surface area (Å²) in [5.41, 5.74) is 0. The van der Waals surface area contributed by atoms with Gasteiger partial charge in [-0.2, -0.15) is 0 Å². The van der Waals surface area contributed by atoms with Crippen molar-refractivity contribution in [2.75, 3.05) is 47.5 Å². The summed E-state index contributed by atoms with van der Waals surface area (Å²) in [6.07, 6.45) is 70.2. The first-order valence-corrected chi connectivity index (χ1v) is 29.1. The van der Waals surface area contributed by atoms with Gasteiger partial charge < -0.3 is 18.9 Å². The Hall–Kier alpha value is -3.33. The molecule has 0 aliphatic heterocycles. The molecule has 70 heavy (non-hydrogen) atoms. The fraction of sp³-hybridized carbons (Fsp3) is 0.667. The van der Waals surface area contributed by atoms with Gasteiger partial charge in [-0.3, -0.25) is 18.6 Å². The molecule has 0 saturated heterocycles. The number of carbonyl (C=O) groups is 2. The molecule has 2 atom stereocenters. The lowest BCUT2D eigenvalue weighted by Gasteiger charge is -2.24. The normalized spacial score (nSPS) is 14.2. The topological polar surface area (TPSA) is 108 Å². The summed E-state index contributed by atoms with van der Waals surface area (Å²) in [6, 6.07) is 0. The average molecular weight is 997 g/mol. The summed E-state index contributed by atoms with van der Waals surface area (Å²) in [5.74, 6) is -0.816. The molecule has 0 aromatic carbocycles. The molecule has 0 saturated carbocycles. The van der Waals surface area contributed by atoms with Crippen LogP contribution in [0.4, 0.5) is 0 Å². The van der Waals surface area contributed by atoms with Crippen LogP contribution >= 0.6 is 7.82 Å². The Kier molecular flexibility index (Phi) is 48.2. The van der Waals surface area contributed by atoms with Crippen molar-refractivity contribution in [1.29, 1.82) is 0 Å². The highest BCUT2D eigenvalue weighted by molar-refractivity contribution is 7.47. The third kappa shape index (κ3) is 54.0. The second-order valence-corrected chi connectivity index (χ2v) is 20.7. The van der Waals surface area contributed by atoms with Crippen LogP contribution in [0.2, 0.25) is 0 Å². The average Bonchev–Trinajstić information content (AvgIpc) is 3.32. The van der Waals surface area contributed by atoms with Crippen molar-refractivity contribution in [2.45, 2.75) is 213 Å². The predicted octanol–water partition coefficient (Wildman–Crippen LogP) is 17.0. The van der Waals surface area contributed by atoms with Crippen LogP contribution in [0.15, 0.2) is 109 Å². The second-order valence-electron chi connectivity index (χ2n) is 19.2. The second kappa shape index (κ2) is 50.6. The van der Waals surface area contributed by atoms with Crippen LogP contribution in [-0.4, -0.2) is 74.9 Å². The minimum Gasteiger partial charge on any atom is -0.462 e. The summed E-state index contributed by atoms with van der Waals surface area (Å²) in [6.45, 7) is 4.28. The Balaban J connectivity index is 4.15. The number of ether oxygens (including phenoxy) is 2. The summed E-state index contributed by atoms with van der Waals surface area (Å²) in [4.78, 5) is 35.5. The van der Waals surface area contributed by atoms with Crippen LogP contribution in [0.25, 0.3) is 0 Å². The molecule has 0 rings (SSSR count). The van der Waals surface area contributed by atoms with Crippen molar-refractivity contribution in [3.63, 3.8) is 0 Å². The van der Waals surface area contributed by atoms with Gasteiger partial charge in [-0.1, -0.05) is 220 Å². The van der Waals surface area contributed by atoms with Crippen molar-refractivity contribution < 1.29 is 42.1 Å². The molecule has 0 heterocycles. The minimum absolute atomic E-state index is 0.0251. The molecule has 0 fully saturated rings. The van der Waals surface area contributed by atoms with E-state index in [1.165, 1.54) is 70.6 Å². The van der Waals surface area contributed by atoms with Gasteiger partial charge in [-0.05, 0) is 83.5 Å². The van der Waals surface area contributed by atoms with E-state index in [4.69, 9.17) is 18.5 Å². The Morgan fingerprint density at radius 3 is 1.21 bits per heavy atom. The van der Waals surface area contributed by atoms with Gasteiger partial charge >= 0.3 is 19.8 Å². The highest BCUT2D eigenvalue weighted by Gasteiger charge is 2.27. The van der Waals surface area contributed by atoms with Crippen LogP contribution in [0.5, 0.6) is 0 Å². The van der Waals surface area contributed by atoms with Gasteiger partial charge in [0.2, 0.25) is 0 Å². The maximum absolute atomic E-state index is 12.8. The lowest BCUT2D eigenvalue weighted by molar-refractivity contribution is -0.870. The molecule has 0 spiro atoms. The number of carbonyl (C=O) groups excluding carboxylic acids is 2. The Morgan fingerprint density at radius 1 is 0.457 bits per heavy atom. The first-order chi connectivity index (χ1) is 34.0. The molecular formula is C60H103NO8P+. The number of hydrogen-bond donors (Lipinski definition) is 1. The maximum atomic E-state index is 12.8. The van der Waals surface area contributed by atoms with E-state index in [9.17, 15) is 19.0 Å². The van der Waals surface area contributed by atoms with Gasteiger partial charge in [0.15, 0.2) is 6.10 Å².